The summed E-state index contributed by atoms with van der Waals surface area (Å²) < 4.78 is 0. The van der Waals surface area contributed by atoms with Crippen molar-refractivity contribution in [1.29, 1.82) is 0 Å². The van der Waals surface area contributed by atoms with E-state index in [1.165, 1.54) is 22.3 Å². The van der Waals surface area contributed by atoms with Gasteiger partial charge in [-0.1, -0.05) is 37.5 Å². The molecule has 0 saturated heterocycles. The quantitative estimate of drug-likeness (QED) is 0.546. The largest absolute Gasteiger partial charge is 0.0616 e. The first-order valence-electron chi connectivity index (χ1n) is 7.93. The Balaban J connectivity index is 2.65. The molecule has 2 aliphatic rings. The van der Waals surface area contributed by atoms with E-state index < -0.39 is 0 Å². The van der Waals surface area contributed by atoms with Crippen molar-refractivity contribution in [2.75, 3.05) is 0 Å². The second kappa shape index (κ2) is 4.76. The predicted molar refractivity (Wildman–Crippen MR) is 89.7 cm³/mol. The van der Waals surface area contributed by atoms with E-state index in [1.807, 2.05) is 0 Å². The van der Waals surface area contributed by atoms with Gasteiger partial charge in [0.05, 0.1) is 0 Å². The van der Waals surface area contributed by atoms with E-state index in [0.29, 0.717) is 5.92 Å². The van der Waals surface area contributed by atoms with Crippen LogP contribution in [0.2, 0.25) is 0 Å². The Morgan fingerprint density at radius 3 is 1.75 bits per heavy atom. The van der Waals surface area contributed by atoms with E-state index in [0.717, 1.165) is 6.42 Å². The number of allylic oxidation sites excluding steroid dienone is 8. The van der Waals surface area contributed by atoms with Gasteiger partial charge in [-0.2, -0.15) is 0 Å². The molecule has 2 aliphatic carbocycles. The normalized spacial score (nSPS) is 26.6. The highest BCUT2D eigenvalue weighted by Crippen LogP contribution is 2.55. The van der Waals surface area contributed by atoms with Crippen LogP contribution in [0.1, 0.15) is 68.7 Å². The van der Waals surface area contributed by atoms with Crippen molar-refractivity contribution in [2.45, 2.75) is 68.7 Å². The Kier molecular flexibility index (Phi) is 3.65. The second-order valence-electron chi connectivity index (χ2n) is 7.16. The third kappa shape index (κ3) is 1.80. The van der Waals surface area contributed by atoms with Crippen LogP contribution in [0.5, 0.6) is 0 Å². The summed E-state index contributed by atoms with van der Waals surface area (Å²) in [4.78, 5) is 0. The summed E-state index contributed by atoms with van der Waals surface area (Å²) in [6.45, 7) is 21.0. The molecule has 0 heteroatoms. The third-order valence-electron chi connectivity index (χ3n) is 6.23. The average molecular weight is 270 g/mol. The van der Waals surface area contributed by atoms with Crippen molar-refractivity contribution in [2.24, 2.45) is 11.3 Å². The lowest BCUT2D eigenvalue weighted by atomic mass is 9.71. The van der Waals surface area contributed by atoms with E-state index in [4.69, 9.17) is 0 Å². The van der Waals surface area contributed by atoms with Crippen LogP contribution in [-0.2, 0) is 0 Å². The van der Waals surface area contributed by atoms with Gasteiger partial charge < -0.3 is 0 Å². The maximum absolute atomic E-state index is 2.40. The fourth-order valence-electron chi connectivity index (χ4n) is 4.29. The topological polar surface area (TPSA) is 0 Å². The van der Waals surface area contributed by atoms with Crippen molar-refractivity contribution in [3.05, 3.63) is 44.6 Å². The molecule has 0 heterocycles. The smallest absolute Gasteiger partial charge is 0.0239 e. The maximum Gasteiger partial charge on any atom is 0.0239 e. The minimum atomic E-state index is 0.200. The number of rotatable bonds is 2. The molecular formula is C20H30. The first-order valence-corrected chi connectivity index (χ1v) is 7.93. The van der Waals surface area contributed by atoms with Crippen LogP contribution < -0.4 is 0 Å². The van der Waals surface area contributed by atoms with Crippen LogP contribution in [0.4, 0.5) is 0 Å². The van der Waals surface area contributed by atoms with Gasteiger partial charge in [0, 0.05) is 11.3 Å². The van der Waals surface area contributed by atoms with Gasteiger partial charge in [-0.25, -0.2) is 0 Å². The summed E-state index contributed by atoms with van der Waals surface area (Å²) in [5, 5.41) is 0. The fourth-order valence-corrected chi connectivity index (χ4v) is 4.29. The first-order chi connectivity index (χ1) is 9.16. The van der Waals surface area contributed by atoms with Crippen LogP contribution in [-0.4, -0.2) is 0 Å². The van der Waals surface area contributed by atoms with Crippen molar-refractivity contribution >= 4 is 0 Å². The first kappa shape index (κ1) is 15.4. The summed E-state index contributed by atoms with van der Waals surface area (Å²) in [6.07, 6.45) is 1.16. The third-order valence-corrected chi connectivity index (χ3v) is 6.23. The van der Waals surface area contributed by atoms with Gasteiger partial charge in [0.25, 0.3) is 0 Å². The number of hydrogen-bond donors (Lipinski definition) is 0. The number of hydrogen-bond acceptors (Lipinski definition) is 0. The van der Waals surface area contributed by atoms with Gasteiger partial charge in [0.2, 0.25) is 0 Å². The molecule has 1 atom stereocenters. The molecule has 0 aromatic carbocycles. The minimum absolute atomic E-state index is 0.200. The lowest BCUT2D eigenvalue weighted by Crippen LogP contribution is -2.22. The SMILES string of the molecule is CCC1=C(C)C(C)=C(C)C1C1=C(C)C(C)=C(C)C1(C)C. The van der Waals surface area contributed by atoms with Gasteiger partial charge >= 0.3 is 0 Å². The molecule has 0 spiro atoms. The van der Waals surface area contributed by atoms with E-state index >= 15 is 0 Å². The molecule has 0 radical (unpaired) electrons. The zero-order valence-electron chi connectivity index (χ0n) is 14.8. The Labute approximate surface area is 125 Å². The molecule has 0 saturated carbocycles. The summed E-state index contributed by atoms with van der Waals surface area (Å²) in [5.41, 5.74) is 12.7. The molecule has 2 rings (SSSR count). The summed E-state index contributed by atoms with van der Waals surface area (Å²) in [7, 11) is 0. The zero-order chi connectivity index (χ0) is 15.4. The monoisotopic (exact) mass is 270 g/mol. The molecule has 0 aromatic heterocycles. The van der Waals surface area contributed by atoms with Crippen molar-refractivity contribution in [3.8, 4) is 0 Å². The van der Waals surface area contributed by atoms with Gasteiger partial charge in [0.15, 0.2) is 0 Å². The lowest BCUT2D eigenvalue weighted by Gasteiger charge is -2.33. The van der Waals surface area contributed by atoms with Crippen molar-refractivity contribution < 1.29 is 0 Å². The highest BCUT2D eigenvalue weighted by molar-refractivity contribution is 5.60. The van der Waals surface area contributed by atoms with Crippen LogP contribution in [0.25, 0.3) is 0 Å². The van der Waals surface area contributed by atoms with Gasteiger partial charge in [-0.05, 0) is 75.8 Å². The van der Waals surface area contributed by atoms with Crippen LogP contribution in [0.15, 0.2) is 44.6 Å². The minimum Gasteiger partial charge on any atom is -0.0616 e. The molecule has 1 unspecified atom stereocenters. The van der Waals surface area contributed by atoms with Gasteiger partial charge in [-0.15, -0.1) is 0 Å². The Hall–Kier alpha value is -1.04. The standard InChI is InChI=1S/C20H30/c1-10-17-13(4)11(2)14(5)18(17)19-15(6)12(3)16(7)20(19,8)9/h18H,10H2,1-9H3. The highest BCUT2D eigenvalue weighted by Gasteiger charge is 2.42. The lowest BCUT2D eigenvalue weighted by molar-refractivity contribution is 0.498. The Morgan fingerprint density at radius 2 is 1.35 bits per heavy atom. The Bertz CT molecular complexity index is 586. The Morgan fingerprint density at radius 1 is 0.800 bits per heavy atom. The van der Waals surface area contributed by atoms with Crippen molar-refractivity contribution in [3.63, 3.8) is 0 Å². The van der Waals surface area contributed by atoms with E-state index in [9.17, 15) is 0 Å². The molecule has 0 fully saturated rings. The van der Waals surface area contributed by atoms with Gasteiger partial charge in [-0.3, -0.25) is 0 Å². The molecule has 0 N–H and O–H groups in total. The molecule has 0 nitrogen and oxygen atoms in total. The van der Waals surface area contributed by atoms with E-state index in [-0.39, 0.29) is 5.41 Å². The van der Waals surface area contributed by atoms with Crippen LogP contribution >= 0.6 is 0 Å². The summed E-state index contributed by atoms with van der Waals surface area (Å²) >= 11 is 0. The predicted octanol–water partition coefficient (Wildman–Crippen LogP) is 6.37. The maximum atomic E-state index is 2.40. The highest BCUT2D eigenvalue weighted by atomic mass is 14.5. The van der Waals surface area contributed by atoms with E-state index in [2.05, 4.69) is 62.3 Å². The van der Waals surface area contributed by atoms with Crippen LogP contribution in [0.3, 0.4) is 0 Å². The summed E-state index contributed by atoms with van der Waals surface area (Å²) in [6, 6.07) is 0. The molecule has 20 heavy (non-hydrogen) atoms. The average Bonchev–Trinajstić information content (AvgIpc) is 2.68. The van der Waals surface area contributed by atoms with E-state index in [1.54, 1.807) is 22.3 Å². The summed E-state index contributed by atoms with van der Waals surface area (Å²) in [5.74, 6) is 0.544. The second-order valence-corrected chi connectivity index (χ2v) is 7.16. The fraction of sp³-hybridized carbons (Fsp3) is 0.600. The molecule has 0 amide bonds. The van der Waals surface area contributed by atoms with Crippen LogP contribution in [0, 0.1) is 11.3 Å². The van der Waals surface area contributed by atoms with Crippen molar-refractivity contribution in [1.82, 2.24) is 0 Å². The molecule has 110 valence electrons. The van der Waals surface area contributed by atoms with Gasteiger partial charge in [0.1, 0.15) is 0 Å². The molecule has 0 bridgehead atoms. The zero-order valence-corrected chi connectivity index (χ0v) is 14.8. The molecule has 0 aromatic rings. The molecule has 0 aliphatic heterocycles. The molecular weight excluding hydrogens is 240 g/mol.